The van der Waals surface area contributed by atoms with Gasteiger partial charge in [0.25, 0.3) is 7.82 Å². The Morgan fingerprint density at radius 1 is 0.545 bits per heavy atom. The number of quaternary nitrogens is 1. The molecule has 384 valence electrons. The molecular weight excluding hydrogens is 840 g/mol. The van der Waals surface area contributed by atoms with E-state index >= 15 is 0 Å². The normalized spacial score (nSPS) is 14.6. The number of nitrogens with zero attached hydrogens (tertiary/aromatic N) is 1. The third-order valence-electron chi connectivity index (χ3n) is 12.0. The Bertz CT molecular complexity index is 1300. The van der Waals surface area contributed by atoms with Crippen LogP contribution in [0.1, 0.15) is 232 Å². The number of unbranched alkanes of at least 4 members (excludes halogenated alkanes) is 24. The number of amides is 1. The van der Waals surface area contributed by atoms with Gasteiger partial charge in [-0.25, -0.2) is 0 Å². The van der Waals surface area contributed by atoms with E-state index in [2.05, 4.69) is 92.1 Å². The number of carbonyl (C=O) groups excluding carboxylic acids is 1. The van der Waals surface area contributed by atoms with Gasteiger partial charge in [0, 0.05) is 6.42 Å². The number of phosphoric acid groups is 1. The predicted molar refractivity (Wildman–Crippen MR) is 284 cm³/mol. The number of aliphatic hydroxyl groups is 1. The Balaban J connectivity index is 4.24. The molecule has 0 aliphatic heterocycles. The van der Waals surface area contributed by atoms with Crippen molar-refractivity contribution in [2.75, 3.05) is 40.9 Å². The van der Waals surface area contributed by atoms with Crippen molar-refractivity contribution >= 4 is 13.7 Å². The molecule has 0 saturated heterocycles. The number of hydrogen-bond donors (Lipinski definition) is 2. The summed E-state index contributed by atoms with van der Waals surface area (Å²) in [5.41, 5.74) is 0. The standard InChI is InChI=1S/C57H105N2O6P/c1-6-8-10-12-14-16-18-20-22-24-25-26-27-28-29-30-31-32-33-35-37-39-41-43-45-47-49-51-57(61)58-55(54-65-66(62,63)64-53-52-59(3,4)5)56(60)50-48-46-44-42-40-38-36-34-23-21-19-17-15-13-11-9-7-2/h8,10,14,16,20,22,25-26,28-29,31-32,55-56,60H,6-7,9,11-13,15,17-19,21,23-24,27,30,33-54H2,1-5H3,(H-,58,61,62,63)/b10-8-,16-14-,22-20-,26-25-,29-28-,32-31-. The first-order valence-electron chi connectivity index (χ1n) is 27.3. The molecule has 8 nitrogen and oxygen atoms in total. The van der Waals surface area contributed by atoms with E-state index in [9.17, 15) is 19.4 Å². The maximum absolute atomic E-state index is 13.0. The molecule has 9 heteroatoms. The van der Waals surface area contributed by atoms with Crippen molar-refractivity contribution < 1.29 is 32.9 Å². The SMILES string of the molecule is CC/C=C\C/C=C\C/C=C\C/C=C\C/C=C\C/C=C\CCCCCCCCCCC(=O)NC(COP(=O)([O-])OCC[N+](C)(C)C)C(O)CCCCCCCCCCCCCCCCCCC. The van der Waals surface area contributed by atoms with Crippen LogP contribution in [-0.2, 0) is 18.4 Å². The number of hydrogen-bond acceptors (Lipinski definition) is 6. The minimum absolute atomic E-state index is 0.00738. The van der Waals surface area contributed by atoms with Gasteiger partial charge in [0.15, 0.2) is 0 Å². The van der Waals surface area contributed by atoms with Crippen molar-refractivity contribution in [3.8, 4) is 0 Å². The summed E-state index contributed by atoms with van der Waals surface area (Å²) in [6, 6.07) is -0.809. The van der Waals surface area contributed by atoms with Crippen LogP contribution in [0.15, 0.2) is 72.9 Å². The van der Waals surface area contributed by atoms with E-state index in [0.717, 1.165) is 83.5 Å². The molecule has 0 saturated carbocycles. The first kappa shape index (κ1) is 63.9. The van der Waals surface area contributed by atoms with Crippen molar-refractivity contribution in [1.29, 1.82) is 0 Å². The highest BCUT2D eigenvalue weighted by Crippen LogP contribution is 2.38. The lowest BCUT2D eigenvalue weighted by atomic mass is 10.0. The molecule has 0 aromatic heterocycles. The number of rotatable bonds is 49. The topological polar surface area (TPSA) is 108 Å². The summed E-state index contributed by atoms with van der Waals surface area (Å²) in [5.74, 6) is -0.175. The van der Waals surface area contributed by atoms with Gasteiger partial charge < -0.3 is 28.8 Å². The van der Waals surface area contributed by atoms with Crippen LogP contribution in [0.2, 0.25) is 0 Å². The molecule has 0 aliphatic rings. The molecule has 3 unspecified atom stereocenters. The van der Waals surface area contributed by atoms with Gasteiger partial charge in [0.1, 0.15) is 13.2 Å². The summed E-state index contributed by atoms with van der Waals surface area (Å²) < 4.78 is 23.4. The second-order valence-electron chi connectivity index (χ2n) is 19.6. The van der Waals surface area contributed by atoms with E-state index < -0.39 is 20.0 Å². The molecule has 0 bridgehead atoms. The molecule has 0 aliphatic carbocycles. The van der Waals surface area contributed by atoms with Crippen LogP contribution >= 0.6 is 7.82 Å². The van der Waals surface area contributed by atoms with E-state index in [-0.39, 0.29) is 19.1 Å². The monoisotopic (exact) mass is 945 g/mol. The molecule has 1 amide bonds. The van der Waals surface area contributed by atoms with Crippen molar-refractivity contribution in [3.63, 3.8) is 0 Å². The van der Waals surface area contributed by atoms with Crippen LogP contribution in [-0.4, -0.2) is 68.5 Å². The van der Waals surface area contributed by atoms with Crippen LogP contribution in [0.5, 0.6) is 0 Å². The van der Waals surface area contributed by atoms with Gasteiger partial charge >= 0.3 is 0 Å². The summed E-state index contributed by atoms with van der Waals surface area (Å²) in [7, 11) is 1.29. The second kappa shape index (κ2) is 48.0. The Labute approximate surface area is 408 Å². The van der Waals surface area contributed by atoms with Gasteiger partial charge in [-0.3, -0.25) is 9.36 Å². The lowest BCUT2D eigenvalue weighted by Crippen LogP contribution is -2.46. The van der Waals surface area contributed by atoms with E-state index in [0.29, 0.717) is 23.9 Å². The van der Waals surface area contributed by atoms with Gasteiger partial charge in [-0.15, -0.1) is 0 Å². The highest BCUT2D eigenvalue weighted by Gasteiger charge is 2.24. The highest BCUT2D eigenvalue weighted by atomic mass is 31.2. The largest absolute Gasteiger partial charge is 0.756 e. The fourth-order valence-electron chi connectivity index (χ4n) is 7.69. The van der Waals surface area contributed by atoms with Crippen molar-refractivity contribution in [2.24, 2.45) is 0 Å². The first-order valence-corrected chi connectivity index (χ1v) is 28.7. The molecular formula is C57H105N2O6P. The molecule has 0 rings (SSSR count). The van der Waals surface area contributed by atoms with Crippen molar-refractivity contribution in [1.82, 2.24) is 5.32 Å². The zero-order valence-electron chi connectivity index (χ0n) is 43.6. The van der Waals surface area contributed by atoms with Gasteiger partial charge in [-0.2, -0.15) is 0 Å². The molecule has 0 radical (unpaired) electrons. The van der Waals surface area contributed by atoms with Crippen LogP contribution in [0.25, 0.3) is 0 Å². The number of aliphatic hydroxyl groups excluding tert-OH is 1. The summed E-state index contributed by atoms with van der Waals surface area (Å²) in [5, 5.41) is 14.0. The van der Waals surface area contributed by atoms with Crippen LogP contribution in [0.3, 0.4) is 0 Å². The third kappa shape index (κ3) is 49.8. The fraction of sp³-hybridized carbons (Fsp3) is 0.772. The summed E-state index contributed by atoms with van der Waals surface area (Å²) >= 11 is 0. The molecule has 3 atom stereocenters. The van der Waals surface area contributed by atoms with Crippen LogP contribution in [0.4, 0.5) is 0 Å². The zero-order chi connectivity index (χ0) is 48.5. The van der Waals surface area contributed by atoms with Crippen molar-refractivity contribution in [3.05, 3.63) is 72.9 Å². The smallest absolute Gasteiger partial charge is 0.268 e. The Kier molecular flexibility index (Phi) is 46.5. The first-order chi connectivity index (χ1) is 32.0. The predicted octanol–water partition coefficient (Wildman–Crippen LogP) is 15.7. The minimum Gasteiger partial charge on any atom is -0.756 e. The van der Waals surface area contributed by atoms with E-state index in [1.165, 1.54) is 122 Å². The molecule has 0 spiro atoms. The molecule has 0 heterocycles. The van der Waals surface area contributed by atoms with Gasteiger partial charge in [0.05, 0.1) is 39.9 Å². The molecule has 2 N–H and O–H groups in total. The lowest BCUT2D eigenvalue weighted by molar-refractivity contribution is -0.870. The second-order valence-corrected chi connectivity index (χ2v) is 21.0. The molecule has 0 aromatic carbocycles. The fourth-order valence-corrected chi connectivity index (χ4v) is 8.41. The number of nitrogens with one attached hydrogen (secondary N) is 1. The maximum Gasteiger partial charge on any atom is 0.268 e. The van der Waals surface area contributed by atoms with Gasteiger partial charge in [-0.1, -0.05) is 234 Å². The summed E-state index contributed by atoms with van der Waals surface area (Å²) in [6.45, 7) is 4.61. The average Bonchev–Trinajstić information content (AvgIpc) is 3.28. The highest BCUT2D eigenvalue weighted by molar-refractivity contribution is 7.45. The zero-order valence-corrected chi connectivity index (χ0v) is 44.5. The molecule has 66 heavy (non-hydrogen) atoms. The van der Waals surface area contributed by atoms with E-state index in [4.69, 9.17) is 9.05 Å². The Morgan fingerprint density at radius 2 is 0.924 bits per heavy atom. The average molecular weight is 945 g/mol. The third-order valence-corrected chi connectivity index (χ3v) is 12.9. The Morgan fingerprint density at radius 3 is 1.35 bits per heavy atom. The Hall–Kier alpha value is -2.06. The number of phosphoric ester groups is 1. The van der Waals surface area contributed by atoms with Gasteiger partial charge in [-0.05, 0) is 64.2 Å². The quantitative estimate of drug-likeness (QED) is 0.0272. The summed E-state index contributed by atoms with van der Waals surface area (Å²) in [6.07, 6.45) is 64.9. The number of allylic oxidation sites excluding steroid dienone is 12. The van der Waals surface area contributed by atoms with E-state index in [1.54, 1.807) is 0 Å². The van der Waals surface area contributed by atoms with Gasteiger partial charge in [0.2, 0.25) is 5.91 Å². The van der Waals surface area contributed by atoms with Crippen molar-refractivity contribution in [2.45, 2.75) is 244 Å². The van der Waals surface area contributed by atoms with Crippen LogP contribution in [0, 0.1) is 0 Å². The van der Waals surface area contributed by atoms with Crippen LogP contribution < -0.4 is 10.2 Å². The molecule has 0 aromatic rings. The minimum atomic E-state index is -4.58. The number of carbonyl (C=O) groups is 1. The number of likely N-dealkylation sites (N-methyl/N-ethyl adjacent to an activating group) is 1. The molecule has 0 fully saturated rings. The lowest BCUT2D eigenvalue weighted by Gasteiger charge is -2.30. The maximum atomic E-state index is 13.0. The van der Waals surface area contributed by atoms with E-state index in [1.807, 2.05) is 21.1 Å². The summed E-state index contributed by atoms with van der Waals surface area (Å²) in [4.78, 5) is 25.5.